The highest BCUT2D eigenvalue weighted by atomic mass is 32.2. The number of hydrogen-bond acceptors (Lipinski definition) is 6. The van der Waals surface area contributed by atoms with E-state index < -0.39 is 15.1 Å². The number of sulfone groups is 1. The molecule has 7 heteroatoms. The van der Waals surface area contributed by atoms with Gasteiger partial charge in [-0.05, 0) is 56.6 Å². The minimum Gasteiger partial charge on any atom is -0.381 e. The molecule has 1 aromatic heterocycles. The molecule has 0 amide bonds. The smallest absolute Gasteiger partial charge is 0.180 e. The zero-order chi connectivity index (χ0) is 21.7. The Morgan fingerprint density at radius 1 is 1.10 bits per heavy atom. The van der Waals surface area contributed by atoms with Gasteiger partial charge in [-0.15, -0.1) is 0 Å². The van der Waals surface area contributed by atoms with Crippen molar-refractivity contribution in [2.45, 2.75) is 30.5 Å². The van der Waals surface area contributed by atoms with Gasteiger partial charge >= 0.3 is 0 Å². The molecule has 0 bridgehead atoms. The Balaban J connectivity index is 1.91. The maximum Gasteiger partial charge on any atom is 0.180 e. The van der Waals surface area contributed by atoms with Crippen molar-refractivity contribution >= 4 is 15.7 Å². The number of benzene rings is 2. The van der Waals surface area contributed by atoms with Crippen molar-refractivity contribution in [3.05, 3.63) is 71.5 Å². The molecule has 1 heterocycles. The maximum atomic E-state index is 12.3. The third kappa shape index (κ3) is 4.85. The molecule has 0 spiro atoms. The number of nitrogen functional groups attached to an aromatic ring is 1. The Bertz CT molecular complexity index is 1210. The zero-order valence-electron chi connectivity index (χ0n) is 17.2. The second kappa shape index (κ2) is 9.08. The average molecular weight is 421 g/mol. The number of aromatic nitrogens is 2. The highest BCUT2D eigenvalue weighted by Gasteiger charge is 2.19. The molecule has 0 atom stereocenters. The first kappa shape index (κ1) is 21.5. The minimum absolute atomic E-state index is 0.247. The van der Waals surface area contributed by atoms with E-state index in [-0.39, 0.29) is 10.7 Å². The Labute approximate surface area is 177 Å². The molecule has 0 unspecified atom stereocenters. The number of anilines is 1. The van der Waals surface area contributed by atoms with Gasteiger partial charge in [0.05, 0.1) is 22.0 Å². The van der Waals surface area contributed by atoms with E-state index in [1.54, 1.807) is 44.3 Å². The van der Waals surface area contributed by atoms with E-state index in [0.717, 1.165) is 23.2 Å². The van der Waals surface area contributed by atoms with Gasteiger partial charge in [-0.1, -0.05) is 30.2 Å². The highest BCUT2D eigenvalue weighted by molar-refractivity contribution is 7.92. The normalized spacial score (nSPS) is 11.2. The van der Waals surface area contributed by atoms with Crippen molar-refractivity contribution in [1.82, 2.24) is 15.3 Å². The number of nitrogens with zero attached hydrogens (tertiary/aromatic N) is 2. The number of nitrogens with two attached hydrogens (primary N) is 1. The van der Waals surface area contributed by atoms with E-state index in [1.165, 1.54) is 0 Å². The van der Waals surface area contributed by atoms with Crippen LogP contribution in [0.15, 0.2) is 59.6 Å². The number of rotatable bonds is 5. The van der Waals surface area contributed by atoms with Gasteiger partial charge in [0, 0.05) is 17.7 Å². The molecule has 0 saturated carbocycles. The maximum absolute atomic E-state index is 12.3. The van der Waals surface area contributed by atoms with Gasteiger partial charge in [0.2, 0.25) is 0 Å². The van der Waals surface area contributed by atoms with Crippen LogP contribution in [-0.2, 0) is 16.4 Å². The molecule has 0 aliphatic heterocycles. The second-order valence-corrected chi connectivity index (χ2v) is 9.59. The fourth-order valence-electron chi connectivity index (χ4n) is 2.81. The lowest BCUT2D eigenvalue weighted by atomic mass is 10.1. The van der Waals surface area contributed by atoms with E-state index >= 15 is 0 Å². The SMILES string of the molecule is CNCc1cccc(C#Cc2nc(-c3ccc(S(=O)(=O)C(C)C)cc3)cnc2N)c1. The Hall–Kier alpha value is -3.21. The molecule has 154 valence electrons. The summed E-state index contributed by atoms with van der Waals surface area (Å²) >= 11 is 0. The molecule has 3 rings (SSSR count). The first-order valence-corrected chi connectivity index (χ1v) is 11.1. The zero-order valence-corrected chi connectivity index (χ0v) is 18.0. The molecule has 2 aromatic carbocycles. The number of hydrogen-bond donors (Lipinski definition) is 2. The standard InChI is InChI=1S/C23H24N4O2S/c1-16(2)30(28,29)20-10-8-19(9-11-20)22-15-26-23(24)21(27-22)12-7-17-5-4-6-18(13-17)14-25-3/h4-6,8-11,13,15-16,25H,14H2,1-3H3,(H2,24,26). The molecule has 6 nitrogen and oxygen atoms in total. The fourth-order valence-corrected chi connectivity index (χ4v) is 3.87. The van der Waals surface area contributed by atoms with Crippen molar-refractivity contribution in [2.75, 3.05) is 12.8 Å². The third-order valence-corrected chi connectivity index (χ3v) is 6.70. The van der Waals surface area contributed by atoms with Crippen molar-refractivity contribution in [2.24, 2.45) is 0 Å². The lowest BCUT2D eigenvalue weighted by Gasteiger charge is -2.08. The van der Waals surface area contributed by atoms with Gasteiger partial charge < -0.3 is 11.1 Å². The molecule has 30 heavy (non-hydrogen) atoms. The van der Waals surface area contributed by atoms with E-state index in [0.29, 0.717) is 11.4 Å². The summed E-state index contributed by atoms with van der Waals surface area (Å²) in [6.45, 7) is 4.08. The third-order valence-electron chi connectivity index (χ3n) is 4.53. The average Bonchev–Trinajstić information content (AvgIpc) is 2.74. The van der Waals surface area contributed by atoms with Crippen LogP contribution >= 0.6 is 0 Å². The second-order valence-electron chi connectivity index (χ2n) is 7.09. The Kier molecular flexibility index (Phi) is 6.50. The van der Waals surface area contributed by atoms with Gasteiger partial charge in [-0.3, -0.25) is 0 Å². The summed E-state index contributed by atoms with van der Waals surface area (Å²) in [5, 5.41) is 2.63. The summed E-state index contributed by atoms with van der Waals surface area (Å²) < 4.78 is 24.6. The molecule has 0 aliphatic rings. The van der Waals surface area contributed by atoms with Crippen LogP contribution in [0.5, 0.6) is 0 Å². The van der Waals surface area contributed by atoms with Crippen LogP contribution in [0.2, 0.25) is 0 Å². The van der Waals surface area contributed by atoms with Gasteiger partial charge in [-0.2, -0.15) is 0 Å². The summed E-state index contributed by atoms with van der Waals surface area (Å²) in [6.07, 6.45) is 1.56. The van der Waals surface area contributed by atoms with Gasteiger partial charge in [0.15, 0.2) is 21.3 Å². The summed E-state index contributed by atoms with van der Waals surface area (Å²) in [7, 11) is -1.43. The molecule has 0 saturated heterocycles. The first-order chi connectivity index (χ1) is 14.3. The monoisotopic (exact) mass is 420 g/mol. The van der Waals surface area contributed by atoms with Crippen LogP contribution < -0.4 is 11.1 Å². The van der Waals surface area contributed by atoms with Gasteiger partial charge in [-0.25, -0.2) is 18.4 Å². The molecular formula is C23H24N4O2S. The highest BCUT2D eigenvalue weighted by Crippen LogP contribution is 2.22. The molecule has 0 fully saturated rings. The van der Waals surface area contributed by atoms with Crippen LogP contribution in [-0.4, -0.2) is 30.7 Å². The number of nitrogens with one attached hydrogen (secondary N) is 1. The van der Waals surface area contributed by atoms with Crippen LogP contribution in [0.4, 0.5) is 5.82 Å². The topological polar surface area (TPSA) is 98.0 Å². The fraction of sp³-hybridized carbons (Fsp3) is 0.217. The van der Waals surface area contributed by atoms with Crippen LogP contribution in [0, 0.1) is 11.8 Å². The molecule has 0 radical (unpaired) electrons. The van der Waals surface area contributed by atoms with E-state index in [1.807, 2.05) is 31.3 Å². The van der Waals surface area contributed by atoms with Crippen molar-refractivity contribution in [1.29, 1.82) is 0 Å². The molecular weight excluding hydrogens is 396 g/mol. The van der Waals surface area contributed by atoms with Crippen molar-refractivity contribution < 1.29 is 8.42 Å². The first-order valence-electron chi connectivity index (χ1n) is 9.53. The molecule has 3 N–H and O–H groups in total. The molecule has 0 aliphatic carbocycles. The lowest BCUT2D eigenvalue weighted by Crippen LogP contribution is -2.13. The Morgan fingerprint density at radius 2 is 1.83 bits per heavy atom. The van der Waals surface area contributed by atoms with Crippen molar-refractivity contribution in [3.63, 3.8) is 0 Å². The predicted molar refractivity (Wildman–Crippen MR) is 119 cm³/mol. The summed E-state index contributed by atoms with van der Waals surface area (Å²) in [4.78, 5) is 9.00. The molecule has 3 aromatic rings. The van der Waals surface area contributed by atoms with Gasteiger partial charge in [0.1, 0.15) is 0 Å². The summed E-state index contributed by atoms with van der Waals surface area (Å²) in [5.41, 5.74) is 9.65. The van der Waals surface area contributed by atoms with Crippen LogP contribution in [0.1, 0.15) is 30.7 Å². The lowest BCUT2D eigenvalue weighted by molar-refractivity contribution is 0.587. The largest absolute Gasteiger partial charge is 0.381 e. The van der Waals surface area contributed by atoms with Crippen LogP contribution in [0.25, 0.3) is 11.3 Å². The minimum atomic E-state index is -3.32. The van der Waals surface area contributed by atoms with E-state index in [9.17, 15) is 8.42 Å². The van der Waals surface area contributed by atoms with E-state index in [4.69, 9.17) is 5.73 Å². The Morgan fingerprint density at radius 3 is 2.50 bits per heavy atom. The van der Waals surface area contributed by atoms with E-state index in [2.05, 4.69) is 27.1 Å². The van der Waals surface area contributed by atoms with Crippen LogP contribution in [0.3, 0.4) is 0 Å². The predicted octanol–water partition coefficient (Wildman–Crippen LogP) is 3.03. The summed E-state index contributed by atoms with van der Waals surface area (Å²) in [5.74, 6) is 6.32. The quantitative estimate of drug-likeness (QED) is 0.616. The van der Waals surface area contributed by atoms with Gasteiger partial charge in [0.25, 0.3) is 0 Å². The summed E-state index contributed by atoms with van der Waals surface area (Å²) in [6, 6.07) is 14.5. The van der Waals surface area contributed by atoms with Crippen molar-refractivity contribution in [3.8, 4) is 23.1 Å².